The fraction of sp³-hybridized carbons (Fsp3) is 0.579. The summed E-state index contributed by atoms with van der Waals surface area (Å²) < 4.78 is 16.9. The third-order valence-electron chi connectivity index (χ3n) is 11.8. The molecule has 1 N–H and O–H groups in total. The molecule has 4 aliphatic carbocycles. The van der Waals surface area contributed by atoms with Crippen LogP contribution in [-0.2, 0) is 21.4 Å². The number of carbonyl (C=O) groups is 2. The number of carbonyl (C=O) groups excluding carboxylic acids is 2. The van der Waals surface area contributed by atoms with E-state index in [1.54, 1.807) is 19.6 Å². The predicted octanol–water partition coefficient (Wildman–Crippen LogP) is 6.61. The number of pyridine rings is 1. The Hall–Kier alpha value is -3.92. The Bertz CT molecular complexity index is 1610. The number of aromatic nitrogens is 2. The second-order valence-electron chi connectivity index (χ2n) is 14.7. The van der Waals surface area contributed by atoms with E-state index in [0.29, 0.717) is 63.4 Å². The lowest BCUT2D eigenvalue weighted by Crippen LogP contribution is -2.54. The Labute approximate surface area is 282 Å². The SMILES string of the molecule is CCc1nc(-c2ccnc(N(CC34CCC(c5ccc(OC)c(C)c5)(CC3)CC4)C(=O)C3CCC(OC(=O)N4CC(O)C4)CC3)c2)co1. The van der Waals surface area contributed by atoms with Crippen LogP contribution >= 0.6 is 0 Å². The summed E-state index contributed by atoms with van der Waals surface area (Å²) in [6, 6.07) is 10.6. The van der Waals surface area contributed by atoms with Crippen LogP contribution in [0.25, 0.3) is 11.3 Å². The topological polar surface area (TPSA) is 118 Å². The number of nitrogens with zero attached hydrogens (tertiary/aromatic N) is 4. The highest BCUT2D eigenvalue weighted by molar-refractivity contribution is 5.95. The number of β-amino-alcohol motifs (C(OH)–C–C–N with tert-alkyl or cyclic N) is 1. The number of anilines is 1. The minimum Gasteiger partial charge on any atom is -0.496 e. The number of benzene rings is 1. The number of hydrogen-bond donors (Lipinski definition) is 1. The van der Waals surface area contributed by atoms with Gasteiger partial charge in [-0.05, 0) is 111 Å². The Morgan fingerprint density at radius 1 is 1.04 bits per heavy atom. The molecular formula is C38H48N4O6. The van der Waals surface area contributed by atoms with Gasteiger partial charge in [0, 0.05) is 30.6 Å². The van der Waals surface area contributed by atoms with Gasteiger partial charge in [0.1, 0.15) is 29.6 Å². The van der Waals surface area contributed by atoms with Gasteiger partial charge in [-0.25, -0.2) is 14.8 Å². The Morgan fingerprint density at radius 3 is 2.40 bits per heavy atom. The Morgan fingerprint density at radius 2 is 1.77 bits per heavy atom. The lowest BCUT2D eigenvalue weighted by Gasteiger charge is -2.55. The van der Waals surface area contributed by atoms with Crippen molar-refractivity contribution in [3.63, 3.8) is 0 Å². The Balaban J connectivity index is 1.09. The van der Waals surface area contributed by atoms with Crippen molar-refractivity contribution in [3.8, 4) is 17.0 Å². The minimum atomic E-state index is -0.460. The molecule has 0 radical (unpaired) electrons. The molecule has 2 amide bonds. The average Bonchev–Trinajstić information content (AvgIpc) is 3.60. The molecule has 2 aromatic heterocycles. The molecule has 1 saturated heterocycles. The summed E-state index contributed by atoms with van der Waals surface area (Å²) in [6.07, 6.45) is 12.3. The molecule has 3 aromatic rings. The summed E-state index contributed by atoms with van der Waals surface area (Å²) in [4.78, 5) is 39.9. The number of methoxy groups -OCH3 is 1. The van der Waals surface area contributed by atoms with E-state index < -0.39 is 6.10 Å². The van der Waals surface area contributed by atoms with Gasteiger partial charge in [-0.15, -0.1) is 0 Å². The highest BCUT2D eigenvalue weighted by Crippen LogP contribution is 2.58. The highest BCUT2D eigenvalue weighted by atomic mass is 16.6. The molecule has 48 heavy (non-hydrogen) atoms. The molecule has 5 fully saturated rings. The molecule has 256 valence electrons. The second-order valence-corrected chi connectivity index (χ2v) is 14.7. The van der Waals surface area contributed by atoms with Crippen molar-refractivity contribution in [1.29, 1.82) is 0 Å². The van der Waals surface area contributed by atoms with E-state index >= 15 is 0 Å². The van der Waals surface area contributed by atoms with Crippen LogP contribution < -0.4 is 9.64 Å². The summed E-state index contributed by atoms with van der Waals surface area (Å²) in [5.74, 6) is 2.20. The summed E-state index contributed by atoms with van der Waals surface area (Å²) in [6.45, 7) is 5.42. The standard InChI is InChI=1S/C38H48N4O6/c1-4-34-40-31(23-47-34)27-11-18-39-33(20-27)42(35(44)26-5-8-30(9-6-26)48-36(45)41-21-29(43)22-41)24-37-12-15-38(16-13-37,17-14-37)28-7-10-32(46-3)25(2)19-28/h7,10-11,18-20,23,26,29-30,43H,4-6,8-9,12-17,21-22,24H2,1-3H3. The van der Waals surface area contributed by atoms with Crippen molar-refractivity contribution < 1.29 is 28.6 Å². The zero-order valence-corrected chi connectivity index (χ0v) is 28.5. The second kappa shape index (κ2) is 13.2. The molecule has 10 nitrogen and oxygen atoms in total. The number of ether oxygens (including phenoxy) is 2. The van der Waals surface area contributed by atoms with Crippen LogP contribution in [0.2, 0.25) is 0 Å². The maximum absolute atomic E-state index is 14.5. The van der Waals surface area contributed by atoms with Crippen LogP contribution in [0.4, 0.5) is 10.6 Å². The van der Waals surface area contributed by atoms with Crippen molar-refractivity contribution in [2.45, 2.75) is 102 Å². The van der Waals surface area contributed by atoms with Gasteiger partial charge in [0.25, 0.3) is 0 Å². The maximum atomic E-state index is 14.5. The quantitative estimate of drug-likeness (QED) is 0.273. The van der Waals surface area contributed by atoms with E-state index in [9.17, 15) is 14.7 Å². The third kappa shape index (κ3) is 6.31. The first kappa shape index (κ1) is 32.6. The zero-order chi connectivity index (χ0) is 33.5. The molecule has 8 rings (SSSR count). The van der Waals surface area contributed by atoms with Crippen LogP contribution in [-0.4, -0.2) is 70.9 Å². The lowest BCUT2D eigenvalue weighted by molar-refractivity contribution is -0.124. The third-order valence-corrected chi connectivity index (χ3v) is 11.8. The van der Waals surface area contributed by atoms with Crippen molar-refractivity contribution in [2.24, 2.45) is 11.3 Å². The molecule has 0 unspecified atom stereocenters. The van der Waals surface area contributed by atoms with Crippen LogP contribution in [0, 0.1) is 18.3 Å². The van der Waals surface area contributed by atoms with E-state index in [1.165, 1.54) is 16.0 Å². The molecule has 3 heterocycles. The van der Waals surface area contributed by atoms with Crippen LogP contribution in [0.3, 0.4) is 0 Å². The minimum absolute atomic E-state index is 0.0361. The fourth-order valence-electron chi connectivity index (χ4n) is 8.55. The van der Waals surface area contributed by atoms with E-state index in [2.05, 4.69) is 30.1 Å². The summed E-state index contributed by atoms with van der Waals surface area (Å²) in [5.41, 5.74) is 4.43. The van der Waals surface area contributed by atoms with E-state index in [4.69, 9.17) is 18.9 Å². The molecule has 0 atom stereocenters. The van der Waals surface area contributed by atoms with Crippen molar-refractivity contribution in [2.75, 3.05) is 31.6 Å². The van der Waals surface area contributed by atoms with Gasteiger partial charge in [-0.1, -0.05) is 19.1 Å². The summed E-state index contributed by atoms with van der Waals surface area (Å²) >= 11 is 0. The van der Waals surface area contributed by atoms with E-state index in [1.807, 2.05) is 24.0 Å². The molecule has 1 aliphatic heterocycles. The number of aliphatic hydroxyl groups is 1. The van der Waals surface area contributed by atoms with Crippen LogP contribution in [0.1, 0.15) is 88.1 Å². The first-order valence-electron chi connectivity index (χ1n) is 17.7. The number of aryl methyl sites for hydroxylation is 2. The van der Waals surface area contributed by atoms with Crippen molar-refractivity contribution in [1.82, 2.24) is 14.9 Å². The molecule has 4 saturated carbocycles. The first-order valence-corrected chi connectivity index (χ1v) is 17.7. The van der Waals surface area contributed by atoms with Gasteiger partial charge >= 0.3 is 6.09 Å². The van der Waals surface area contributed by atoms with E-state index in [0.717, 1.165) is 55.5 Å². The number of aliphatic hydroxyl groups excluding tert-OH is 1. The summed E-state index contributed by atoms with van der Waals surface area (Å²) in [7, 11) is 1.73. The van der Waals surface area contributed by atoms with Gasteiger partial charge in [0.15, 0.2) is 5.89 Å². The molecule has 1 aromatic carbocycles. The first-order chi connectivity index (χ1) is 23.2. The monoisotopic (exact) mass is 656 g/mol. The van der Waals surface area contributed by atoms with Gasteiger partial charge in [-0.2, -0.15) is 0 Å². The highest BCUT2D eigenvalue weighted by Gasteiger charge is 2.51. The Kier molecular flexibility index (Phi) is 8.96. The molecular weight excluding hydrogens is 608 g/mol. The normalized spacial score (nSPS) is 27.0. The van der Waals surface area contributed by atoms with Crippen molar-refractivity contribution in [3.05, 3.63) is 59.8 Å². The number of amides is 2. The van der Waals surface area contributed by atoms with Gasteiger partial charge in [0.05, 0.1) is 26.3 Å². The van der Waals surface area contributed by atoms with Gasteiger partial charge in [-0.3, -0.25) is 9.69 Å². The zero-order valence-electron chi connectivity index (χ0n) is 28.5. The largest absolute Gasteiger partial charge is 0.496 e. The number of fused-ring (bicyclic) bond motifs is 3. The van der Waals surface area contributed by atoms with Crippen LogP contribution in [0.15, 0.2) is 47.2 Å². The fourth-order valence-corrected chi connectivity index (χ4v) is 8.55. The number of likely N-dealkylation sites (tertiary alicyclic amines) is 1. The number of rotatable bonds is 9. The molecule has 2 bridgehead atoms. The lowest BCUT2D eigenvalue weighted by atomic mass is 9.51. The van der Waals surface area contributed by atoms with E-state index in [-0.39, 0.29) is 34.9 Å². The number of hydrogen-bond acceptors (Lipinski definition) is 8. The molecule has 0 spiro atoms. The summed E-state index contributed by atoms with van der Waals surface area (Å²) in [5, 5.41) is 9.55. The predicted molar refractivity (Wildman–Crippen MR) is 181 cm³/mol. The van der Waals surface area contributed by atoms with Gasteiger partial charge in [0.2, 0.25) is 5.91 Å². The van der Waals surface area contributed by atoms with Crippen molar-refractivity contribution >= 4 is 17.8 Å². The van der Waals surface area contributed by atoms with Crippen LogP contribution in [0.5, 0.6) is 5.75 Å². The van der Waals surface area contributed by atoms with Gasteiger partial charge < -0.3 is 23.9 Å². The molecule has 10 heteroatoms. The maximum Gasteiger partial charge on any atom is 0.410 e. The molecule has 5 aliphatic rings. The number of oxazole rings is 1. The average molecular weight is 657 g/mol. The smallest absolute Gasteiger partial charge is 0.410 e.